The summed E-state index contributed by atoms with van der Waals surface area (Å²) in [4.78, 5) is 12.1. The smallest absolute Gasteiger partial charge is 0.140 e. The van der Waals surface area contributed by atoms with Crippen LogP contribution in [-0.4, -0.2) is 18.5 Å². The maximum Gasteiger partial charge on any atom is 0.140 e. The van der Waals surface area contributed by atoms with E-state index in [0.717, 1.165) is 12.8 Å². The highest BCUT2D eigenvalue weighted by molar-refractivity contribution is 5.88. The Morgan fingerprint density at radius 2 is 2.12 bits per heavy atom. The largest absolute Gasteiger partial charge is 0.379 e. The summed E-state index contributed by atoms with van der Waals surface area (Å²) < 4.78 is 5.34. The molecule has 2 nitrogen and oxygen atoms in total. The first kappa shape index (κ1) is 12.3. The van der Waals surface area contributed by atoms with E-state index in [0.29, 0.717) is 12.2 Å². The molecule has 2 rings (SSSR count). The fourth-order valence-electron chi connectivity index (χ4n) is 2.25. The van der Waals surface area contributed by atoms with Crippen molar-refractivity contribution in [2.24, 2.45) is 0 Å². The van der Waals surface area contributed by atoms with Crippen molar-refractivity contribution in [1.29, 1.82) is 0 Å². The highest BCUT2D eigenvalue weighted by Gasteiger charge is 2.32. The Morgan fingerprint density at radius 1 is 1.41 bits per heavy atom. The van der Waals surface area contributed by atoms with Gasteiger partial charge in [-0.05, 0) is 37.8 Å². The van der Waals surface area contributed by atoms with Gasteiger partial charge in [-0.3, -0.25) is 4.79 Å². The third-order valence-electron chi connectivity index (χ3n) is 3.77. The molecule has 0 heterocycles. The average molecular weight is 232 g/mol. The molecule has 0 N–H and O–H groups in total. The van der Waals surface area contributed by atoms with Gasteiger partial charge in [0.05, 0.1) is 5.60 Å². The van der Waals surface area contributed by atoms with Crippen molar-refractivity contribution in [2.45, 2.75) is 44.6 Å². The zero-order valence-corrected chi connectivity index (χ0v) is 10.8. The molecular formula is C15H20O2. The molecule has 0 aliphatic heterocycles. The Balaban J connectivity index is 1.92. The van der Waals surface area contributed by atoms with Gasteiger partial charge in [0.1, 0.15) is 5.78 Å². The van der Waals surface area contributed by atoms with Gasteiger partial charge in [-0.1, -0.05) is 24.3 Å². The van der Waals surface area contributed by atoms with Crippen LogP contribution in [0.2, 0.25) is 0 Å². The van der Waals surface area contributed by atoms with Gasteiger partial charge in [0.2, 0.25) is 0 Å². The van der Waals surface area contributed by atoms with E-state index >= 15 is 0 Å². The third kappa shape index (κ3) is 2.58. The second-order valence-corrected chi connectivity index (χ2v) is 5.39. The summed E-state index contributed by atoms with van der Waals surface area (Å²) >= 11 is 0. The topological polar surface area (TPSA) is 26.3 Å². The molecule has 1 atom stereocenters. The molecule has 2 heteroatoms. The summed E-state index contributed by atoms with van der Waals surface area (Å²) in [5.41, 5.74) is 2.36. The van der Waals surface area contributed by atoms with Crippen LogP contribution in [0.1, 0.15) is 43.7 Å². The van der Waals surface area contributed by atoms with Gasteiger partial charge in [0.15, 0.2) is 0 Å². The number of carbonyl (C=O) groups is 1. The van der Waals surface area contributed by atoms with Gasteiger partial charge in [-0.25, -0.2) is 0 Å². The Bertz CT molecular complexity index is 421. The van der Waals surface area contributed by atoms with E-state index in [4.69, 9.17) is 4.74 Å². The van der Waals surface area contributed by atoms with Gasteiger partial charge in [0.25, 0.3) is 0 Å². The fourth-order valence-corrected chi connectivity index (χ4v) is 2.25. The van der Waals surface area contributed by atoms with E-state index < -0.39 is 0 Å². The molecule has 1 aliphatic carbocycles. The molecule has 1 aliphatic rings. The molecule has 1 unspecified atom stereocenters. The van der Waals surface area contributed by atoms with Crippen LogP contribution in [0.15, 0.2) is 24.3 Å². The van der Waals surface area contributed by atoms with Crippen molar-refractivity contribution in [3.8, 4) is 0 Å². The number of methoxy groups -OCH3 is 1. The molecule has 0 radical (unpaired) electrons. The zero-order chi connectivity index (χ0) is 12.5. The van der Waals surface area contributed by atoms with Gasteiger partial charge < -0.3 is 4.74 Å². The van der Waals surface area contributed by atoms with E-state index in [1.165, 1.54) is 11.1 Å². The minimum atomic E-state index is -0.196. The SMILES string of the molecule is COC(C)(C)CCC(=O)C1Cc2ccccc21. The van der Waals surface area contributed by atoms with Gasteiger partial charge in [-0.2, -0.15) is 0 Å². The van der Waals surface area contributed by atoms with Gasteiger partial charge in [-0.15, -0.1) is 0 Å². The Labute approximate surface area is 103 Å². The minimum Gasteiger partial charge on any atom is -0.379 e. The van der Waals surface area contributed by atoms with Gasteiger partial charge >= 0.3 is 0 Å². The first-order chi connectivity index (χ1) is 8.03. The summed E-state index contributed by atoms with van der Waals surface area (Å²) in [6.07, 6.45) is 2.32. The molecule has 17 heavy (non-hydrogen) atoms. The van der Waals surface area contributed by atoms with Crippen LogP contribution >= 0.6 is 0 Å². The predicted molar refractivity (Wildman–Crippen MR) is 68.2 cm³/mol. The first-order valence-corrected chi connectivity index (χ1v) is 6.19. The normalized spacial score (nSPS) is 18.4. The summed E-state index contributed by atoms with van der Waals surface area (Å²) in [5, 5.41) is 0. The first-order valence-electron chi connectivity index (χ1n) is 6.19. The standard InChI is InChI=1S/C15H20O2/c1-15(2,17-3)9-8-14(16)13-10-11-6-4-5-7-12(11)13/h4-7,13H,8-10H2,1-3H3. The maximum absolute atomic E-state index is 12.1. The fraction of sp³-hybridized carbons (Fsp3) is 0.533. The second-order valence-electron chi connectivity index (χ2n) is 5.39. The van der Waals surface area contributed by atoms with E-state index in [9.17, 15) is 4.79 Å². The molecule has 0 saturated carbocycles. The average Bonchev–Trinajstić information content (AvgIpc) is 2.28. The number of hydrogen-bond donors (Lipinski definition) is 0. The second kappa shape index (κ2) is 4.61. The Hall–Kier alpha value is -1.15. The van der Waals surface area contributed by atoms with Crippen LogP contribution < -0.4 is 0 Å². The maximum atomic E-state index is 12.1. The van der Waals surface area contributed by atoms with Crippen molar-refractivity contribution in [2.75, 3.05) is 7.11 Å². The van der Waals surface area contributed by atoms with Crippen molar-refractivity contribution in [1.82, 2.24) is 0 Å². The van der Waals surface area contributed by atoms with Gasteiger partial charge in [0, 0.05) is 19.4 Å². The monoisotopic (exact) mass is 232 g/mol. The number of Topliss-reactive ketones (excluding diaryl/α,β-unsaturated/α-hetero) is 1. The van der Waals surface area contributed by atoms with Crippen LogP contribution in [0.3, 0.4) is 0 Å². The van der Waals surface area contributed by atoms with Crippen LogP contribution in [0.5, 0.6) is 0 Å². The number of hydrogen-bond acceptors (Lipinski definition) is 2. The highest BCUT2D eigenvalue weighted by atomic mass is 16.5. The van der Waals surface area contributed by atoms with Crippen LogP contribution in [0, 0.1) is 0 Å². The van der Waals surface area contributed by atoms with Crippen molar-refractivity contribution < 1.29 is 9.53 Å². The molecule has 1 aromatic carbocycles. The van der Waals surface area contributed by atoms with E-state index in [-0.39, 0.29) is 11.5 Å². The molecule has 0 fully saturated rings. The van der Waals surface area contributed by atoms with Crippen LogP contribution in [0.4, 0.5) is 0 Å². The molecule has 0 bridgehead atoms. The molecule has 1 aromatic rings. The number of benzene rings is 1. The van der Waals surface area contributed by atoms with Crippen molar-refractivity contribution in [3.05, 3.63) is 35.4 Å². The lowest BCUT2D eigenvalue weighted by atomic mass is 9.74. The molecule has 0 saturated heterocycles. The summed E-state index contributed by atoms with van der Waals surface area (Å²) in [6.45, 7) is 4.05. The molecule has 92 valence electrons. The van der Waals surface area contributed by atoms with Crippen molar-refractivity contribution in [3.63, 3.8) is 0 Å². The number of ether oxygens (including phenoxy) is 1. The van der Waals surface area contributed by atoms with Crippen LogP contribution in [0.25, 0.3) is 0 Å². The van der Waals surface area contributed by atoms with Crippen molar-refractivity contribution >= 4 is 5.78 Å². The zero-order valence-electron chi connectivity index (χ0n) is 10.8. The predicted octanol–water partition coefficient (Wildman–Crippen LogP) is 3.10. The summed E-state index contributed by atoms with van der Waals surface area (Å²) in [7, 11) is 1.70. The Morgan fingerprint density at radius 3 is 2.76 bits per heavy atom. The highest BCUT2D eigenvalue weighted by Crippen LogP contribution is 2.36. The third-order valence-corrected chi connectivity index (χ3v) is 3.77. The molecule has 0 aromatic heterocycles. The Kier molecular flexibility index (Phi) is 3.34. The minimum absolute atomic E-state index is 0.138. The number of fused-ring (bicyclic) bond motifs is 1. The number of rotatable bonds is 5. The lowest BCUT2D eigenvalue weighted by Crippen LogP contribution is -2.28. The molecule has 0 spiro atoms. The lowest BCUT2D eigenvalue weighted by Gasteiger charge is -2.30. The number of ketones is 1. The summed E-state index contributed by atoms with van der Waals surface area (Å²) in [6, 6.07) is 8.23. The lowest BCUT2D eigenvalue weighted by molar-refractivity contribution is -0.122. The number of carbonyl (C=O) groups excluding carboxylic acids is 1. The van der Waals surface area contributed by atoms with Crippen LogP contribution in [-0.2, 0) is 16.0 Å². The van der Waals surface area contributed by atoms with E-state index in [1.807, 2.05) is 26.0 Å². The van der Waals surface area contributed by atoms with E-state index in [2.05, 4.69) is 12.1 Å². The van der Waals surface area contributed by atoms with E-state index in [1.54, 1.807) is 7.11 Å². The molecular weight excluding hydrogens is 212 g/mol. The molecule has 0 amide bonds. The quantitative estimate of drug-likeness (QED) is 0.779. The summed E-state index contributed by atoms with van der Waals surface area (Å²) in [5.74, 6) is 0.493.